The standard InChI is InChI=1S/C23H21OP.ClH/c25-18-24-17-22(19-10-4-1-5-11-19)16-23(22,20-12-6-2-7-13-20)21-14-8-3-9-15-21;/h1-15,18,25H,16-17H2;1H. The first-order valence-corrected chi connectivity index (χ1v) is 9.32. The fraction of sp³-hybridized carbons (Fsp3) is 0.174. The zero-order valence-corrected chi connectivity index (χ0v) is 16.4. The van der Waals surface area contributed by atoms with Gasteiger partial charge in [0.25, 0.3) is 0 Å². The first-order chi connectivity index (χ1) is 12.3. The Bertz CT molecular complexity index is 812. The summed E-state index contributed by atoms with van der Waals surface area (Å²) in [5, 5.41) is 0. The van der Waals surface area contributed by atoms with E-state index in [2.05, 4.69) is 99.9 Å². The van der Waals surface area contributed by atoms with E-state index < -0.39 is 0 Å². The minimum Gasteiger partial charge on any atom is -1.00 e. The van der Waals surface area contributed by atoms with Crippen LogP contribution in [0.2, 0.25) is 0 Å². The second-order valence-corrected chi connectivity index (χ2v) is 6.98. The van der Waals surface area contributed by atoms with Gasteiger partial charge in [0.15, 0.2) is 0 Å². The third-order valence-corrected chi connectivity index (χ3v) is 5.74. The molecule has 0 N–H and O–H groups in total. The molecule has 1 aliphatic rings. The van der Waals surface area contributed by atoms with E-state index in [-0.39, 0.29) is 23.2 Å². The number of halogens is 1. The first kappa shape index (κ1) is 18.9. The van der Waals surface area contributed by atoms with Crippen molar-refractivity contribution in [2.24, 2.45) is 0 Å². The van der Waals surface area contributed by atoms with Crippen molar-refractivity contribution in [2.45, 2.75) is 17.3 Å². The van der Waals surface area contributed by atoms with Gasteiger partial charge >= 0.3 is 0 Å². The minimum absolute atomic E-state index is 0. The highest BCUT2D eigenvalue weighted by Gasteiger charge is 2.69. The largest absolute Gasteiger partial charge is 1.00 e. The molecule has 3 aromatic carbocycles. The van der Waals surface area contributed by atoms with Crippen LogP contribution in [0, 0.1) is 0 Å². The second kappa shape index (κ2) is 7.76. The van der Waals surface area contributed by atoms with Gasteiger partial charge in [0.2, 0.25) is 5.98 Å². The second-order valence-electron chi connectivity index (χ2n) is 6.71. The number of hydrogen-bond donors (Lipinski definition) is 0. The Morgan fingerprint density at radius 2 is 1.15 bits per heavy atom. The summed E-state index contributed by atoms with van der Waals surface area (Å²) in [6.45, 7) is 0.671. The van der Waals surface area contributed by atoms with Gasteiger partial charge in [0.1, 0.15) is 0 Å². The van der Waals surface area contributed by atoms with Crippen molar-refractivity contribution in [2.75, 3.05) is 6.61 Å². The van der Waals surface area contributed by atoms with Crippen LogP contribution in [0.3, 0.4) is 0 Å². The Kier molecular flexibility index (Phi) is 5.63. The number of benzene rings is 3. The monoisotopic (exact) mass is 380 g/mol. The van der Waals surface area contributed by atoms with Crippen LogP contribution < -0.4 is 12.4 Å². The highest BCUT2D eigenvalue weighted by molar-refractivity contribution is 7.17. The van der Waals surface area contributed by atoms with Crippen molar-refractivity contribution in [3.63, 3.8) is 0 Å². The van der Waals surface area contributed by atoms with Crippen molar-refractivity contribution in [3.05, 3.63) is 108 Å². The smallest absolute Gasteiger partial charge is 0.207 e. The van der Waals surface area contributed by atoms with Crippen molar-refractivity contribution in [1.29, 1.82) is 0 Å². The van der Waals surface area contributed by atoms with Gasteiger partial charge in [-0.05, 0) is 23.1 Å². The molecule has 3 heteroatoms. The molecule has 132 valence electrons. The summed E-state index contributed by atoms with van der Waals surface area (Å²) in [7, 11) is 2.55. The summed E-state index contributed by atoms with van der Waals surface area (Å²) in [4.78, 5) is 0. The lowest BCUT2D eigenvalue weighted by Gasteiger charge is -2.27. The van der Waals surface area contributed by atoms with Gasteiger partial charge < -0.3 is 17.1 Å². The molecule has 0 spiro atoms. The molecule has 1 aliphatic carbocycles. The normalized spacial score (nSPS) is 20.0. The van der Waals surface area contributed by atoms with E-state index >= 15 is 0 Å². The van der Waals surface area contributed by atoms with E-state index in [0.717, 1.165) is 6.42 Å². The van der Waals surface area contributed by atoms with Gasteiger partial charge in [0.05, 0.1) is 15.5 Å². The van der Waals surface area contributed by atoms with Gasteiger partial charge in [-0.3, -0.25) is 0 Å². The van der Waals surface area contributed by atoms with Crippen molar-refractivity contribution in [3.8, 4) is 0 Å². The molecular formula is C23H22ClOP. The fourth-order valence-corrected chi connectivity index (χ4v) is 4.43. The maximum Gasteiger partial charge on any atom is 0.207 e. The first-order valence-electron chi connectivity index (χ1n) is 8.65. The molecule has 3 aromatic rings. The van der Waals surface area contributed by atoms with Gasteiger partial charge in [0, 0.05) is 10.8 Å². The predicted octanol–water partition coefficient (Wildman–Crippen LogP) is 1.97. The Balaban J connectivity index is 0.00000196. The van der Waals surface area contributed by atoms with Crippen LogP contribution in [0.15, 0.2) is 91.0 Å². The van der Waals surface area contributed by atoms with E-state index in [4.69, 9.17) is 4.74 Å². The van der Waals surface area contributed by atoms with Crippen LogP contribution in [0.5, 0.6) is 0 Å². The Morgan fingerprint density at radius 1 is 0.731 bits per heavy atom. The molecule has 0 amide bonds. The molecule has 0 saturated heterocycles. The molecule has 26 heavy (non-hydrogen) atoms. The Morgan fingerprint density at radius 3 is 1.58 bits per heavy atom. The van der Waals surface area contributed by atoms with Crippen LogP contribution in [0.25, 0.3) is 0 Å². The molecule has 2 unspecified atom stereocenters. The van der Waals surface area contributed by atoms with E-state index in [0.29, 0.717) is 6.61 Å². The third kappa shape index (κ3) is 2.91. The molecule has 0 radical (unpaired) electrons. The molecule has 0 aromatic heterocycles. The van der Waals surface area contributed by atoms with Gasteiger partial charge in [-0.15, -0.1) is 0 Å². The number of hydrogen-bond acceptors (Lipinski definition) is 1. The van der Waals surface area contributed by atoms with Crippen molar-refractivity contribution in [1.82, 2.24) is 0 Å². The van der Waals surface area contributed by atoms with E-state index in [1.807, 2.05) is 0 Å². The molecule has 4 rings (SSSR count). The molecule has 1 nitrogen and oxygen atoms in total. The van der Waals surface area contributed by atoms with Crippen LogP contribution in [-0.4, -0.2) is 12.6 Å². The SMILES string of the molecule is [Cl-].[PH2+]=COCC1(c2ccccc2)CC1(c1ccccc1)c1ccccc1. The lowest BCUT2D eigenvalue weighted by Crippen LogP contribution is -3.00. The van der Waals surface area contributed by atoms with E-state index in [9.17, 15) is 0 Å². The van der Waals surface area contributed by atoms with Crippen LogP contribution in [0.1, 0.15) is 23.1 Å². The molecule has 0 bridgehead atoms. The van der Waals surface area contributed by atoms with Gasteiger partial charge in [-0.1, -0.05) is 91.0 Å². The summed E-state index contributed by atoms with van der Waals surface area (Å²) >= 11 is 0. The average Bonchev–Trinajstić information content (AvgIpc) is 3.40. The maximum atomic E-state index is 5.85. The zero-order chi connectivity index (χ0) is 17.2. The predicted molar refractivity (Wildman–Crippen MR) is 108 cm³/mol. The van der Waals surface area contributed by atoms with Crippen molar-refractivity contribution < 1.29 is 17.1 Å². The minimum atomic E-state index is -0.0516. The highest BCUT2D eigenvalue weighted by Crippen LogP contribution is 2.68. The summed E-state index contributed by atoms with van der Waals surface area (Å²) in [5.74, 6) is 1.73. The van der Waals surface area contributed by atoms with Gasteiger partial charge in [-0.25, -0.2) is 0 Å². The topological polar surface area (TPSA) is 9.23 Å². The quantitative estimate of drug-likeness (QED) is 0.594. The Labute approximate surface area is 163 Å². The molecule has 2 atom stereocenters. The molecular weight excluding hydrogens is 359 g/mol. The van der Waals surface area contributed by atoms with Crippen LogP contribution >= 0.6 is 8.86 Å². The number of rotatable bonds is 6. The van der Waals surface area contributed by atoms with E-state index in [1.54, 1.807) is 5.98 Å². The summed E-state index contributed by atoms with van der Waals surface area (Å²) < 4.78 is 5.85. The average molecular weight is 381 g/mol. The molecule has 1 fully saturated rings. The Hall–Kier alpha value is -1.92. The summed E-state index contributed by atoms with van der Waals surface area (Å²) in [6.07, 6.45) is 1.05. The summed E-state index contributed by atoms with van der Waals surface area (Å²) in [6, 6.07) is 32.5. The van der Waals surface area contributed by atoms with Crippen molar-refractivity contribution >= 4 is 14.8 Å². The van der Waals surface area contributed by atoms with Crippen LogP contribution in [0.4, 0.5) is 0 Å². The lowest BCUT2D eigenvalue weighted by molar-refractivity contribution is -0.00000515. The number of ether oxygens (including phenoxy) is 1. The molecule has 1 saturated carbocycles. The lowest BCUT2D eigenvalue weighted by atomic mass is 9.77. The molecule has 0 aliphatic heterocycles. The molecule has 0 heterocycles. The van der Waals surface area contributed by atoms with E-state index in [1.165, 1.54) is 16.7 Å². The summed E-state index contributed by atoms with van der Waals surface area (Å²) in [5.41, 5.74) is 3.96. The fourth-order valence-electron chi connectivity index (χ4n) is 4.33. The zero-order valence-electron chi connectivity index (χ0n) is 14.5. The third-order valence-electron chi connectivity index (χ3n) is 5.54. The highest BCUT2D eigenvalue weighted by atomic mass is 35.5. The van der Waals surface area contributed by atoms with Gasteiger partial charge in [-0.2, -0.15) is 0 Å². The maximum absolute atomic E-state index is 5.85. The van der Waals surface area contributed by atoms with Crippen LogP contribution in [-0.2, 0) is 15.6 Å².